The Balaban J connectivity index is 1.92. The van der Waals surface area contributed by atoms with E-state index in [9.17, 15) is 0 Å². The second-order valence-electron chi connectivity index (χ2n) is 2.87. The summed E-state index contributed by atoms with van der Waals surface area (Å²) < 4.78 is 0. The van der Waals surface area contributed by atoms with Gasteiger partial charge in [-0.25, -0.2) is 0 Å². The van der Waals surface area contributed by atoms with Gasteiger partial charge in [-0.3, -0.25) is 4.99 Å². The third kappa shape index (κ3) is 1.45. The molecule has 0 aromatic heterocycles. The van der Waals surface area contributed by atoms with Crippen molar-refractivity contribution in [2.75, 3.05) is 39.3 Å². The molecule has 4 heteroatoms. The largest absolute Gasteiger partial charge is 0.354 e. The Labute approximate surface area is 66.7 Å². The number of hydrogen-bond donors (Lipinski definition) is 2. The Morgan fingerprint density at radius 3 is 2.64 bits per heavy atom. The van der Waals surface area contributed by atoms with E-state index < -0.39 is 0 Å². The van der Waals surface area contributed by atoms with Crippen molar-refractivity contribution in [3.63, 3.8) is 0 Å². The lowest BCUT2D eigenvalue weighted by Gasteiger charge is -2.28. The van der Waals surface area contributed by atoms with E-state index in [2.05, 4.69) is 20.5 Å². The molecule has 2 aliphatic heterocycles. The van der Waals surface area contributed by atoms with Crippen LogP contribution in [0.1, 0.15) is 0 Å². The zero-order valence-electron chi connectivity index (χ0n) is 6.64. The highest BCUT2D eigenvalue weighted by molar-refractivity contribution is 5.81. The predicted octanol–water partition coefficient (Wildman–Crippen LogP) is -1.15. The molecule has 0 unspecified atom stereocenters. The van der Waals surface area contributed by atoms with Gasteiger partial charge in [-0.15, -0.1) is 0 Å². The summed E-state index contributed by atoms with van der Waals surface area (Å²) in [4.78, 5) is 6.67. The van der Waals surface area contributed by atoms with Crippen molar-refractivity contribution in [3.05, 3.63) is 0 Å². The van der Waals surface area contributed by atoms with Gasteiger partial charge in [0, 0.05) is 32.7 Å². The molecule has 0 aromatic carbocycles. The minimum Gasteiger partial charge on any atom is -0.354 e. The van der Waals surface area contributed by atoms with Gasteiger partial charge in [0.05, 0.1) is 6.54 Å². The lowest BCUT2D eigenvalue weighted by molar-refractivity contribution is 0.350. The summed E-state index contributed by atoms with van der Waals surface area (Å²) in [6.45, 7) is 6.30. The van der Waals surface area contributed by atoms with Gasteiger partial charge < -0.3 is 15.5 Å². The van der Waals surface area contributed by atoms with E-state index >= 15 is 0 Å². The summed E-state index contributed by atoms with van der Waals surface area (Å²) in [6, 6.07) is 0. The zero-order chi connectivity index (χ0) is 7.52. The Morgan fingerprint density at radius 2 is 2.00 bits per heavy atom. The fraction of sp³-hybridized carbons (Fsp3) is 0.857. The Morgan fingerprint density at radius 1 is 1.18 bits per heavy atom. The molecule has 1 saturated heterocycles. The van der Waals surface area contributed by atoms with E-state index in [-0.39, 0.29) is 0 Å². The van der Waals surface area contributed by atoms with E-state index in [4.69, 9.17) is 0 Å². The molecule has 62 valence electrons. The smallest absolute Gasteiger partial charge is 0.194 e. The third-order valence-corrected chi connectivity index (χ3v) is 2.07. The normalized spacial score (nSPS) is 24.7. The second kappa shape index (κ2) is 3.09. The molecule has 0 bridgehead atoms. The van der Waals surface area contributed by atoms with Crippen LogP contribution in [0.4, 0.5) is 0 Å². The fourth-order valence-corrected chi connectivity index (χ4v) is 1.47. The van der Waals surface area contributed by atoms with Crippen LogP contribution in [0.3, 0.4) is 0 Å². The van der Waals surface area contributed by atoms with Gasteiger partial charge in [0.25, 0.3) is 0 Å². The van der Waals surface area contributed by atoms with Crippen LogP contribution < -0.4 is 10.6 Å². The summed E-state index contributed by atoms with van der Waals surface area (Å²) >= 11 is 0. The highest BCUT2D eigenvalue weighted by Gasteiger charge is 2.15. The van der Waals surface area contributed by atoms with Crippen LogP contribution in [0.25, 0.3) is 0 Å². The van der Waals surface area contributed by atoms with Gasteiger partial charge in [0.15, 0.2) is 5.96 Å². The summed E-state index contributed by atoms with van der Waals surface area (Å²) in [7, 11) is 0. The maximum Gasteiger partial charge on any atom is 0.194 e. The molecular weight excluding hydrogens is 140 g/mol. The molecule has 0 aromatic rings. The van der Waals surface area contributed by atoms with E-state index in [0.29, 0.717) is 0 Å². The summed E-state index contributed by atoms with van der Waals surface area (Å²) in [5.74, 6) is 1.10. The summed E-state index contributed by atoms with van der Waals surface area (Å²) in [5.41, 5.74) is 0. The SMILES string of the molecule is C1CNC(N2CCNCC2)=N1. The lowest BCUT2D eigenvalue weighted by Crippen LogP contribution is -2.49. The highest BCUT2D eigenvalue weighted by Crippen LogP contribution is 1.96. The molecule has 0 atom stereocenters. The van der Waals surface area contributed by atoms with Crippen LogP contribution in [0.15, 0.2) is 4.99 Å². The van der Waals surface area contributed by atoms with Crippen molar-refractivity contribution in [1.29, 1.82) is 0 Å². The Hall–Kier alpha value is -0.770. The van der Waals surface area contributed by atoms with E-state index in [1.165, 1.54) is 0 Å². The maximum atomic E-state index is 4.36. The molecule has 11 heavy (non-hydrogen) atoms. The zero-order valence-corrected chi connectivity index (χ0v) is 6.64. The molecule has 2 rings (SSSR count). The number of nitrogens with one attached hydrogen (secondary N) is 2. The predicted molar refractivity (Wildman–Crippen MR) is 44.7 cm³/mol. The second-order valence-corrected chi connectivity index (χ2v) is 2.87. The van der Waals surface area contributed by atoms with Gasteiger partial charge in [0.2, 0.25) is 0 Å². The molecule has 2 N–H and O–H groups in total. The van der Waals surface area contributed by atoms with E-state index in [0.717, 1.165) is 45.2 Å². The first-order chi connectivity index (χ1) is 5.47. The summed E-state index contributed by atoms with van der Waals surface area (Å²) in [6.07, 6.45) is 0. The maximum absolute atomic E-state index is 4.36. The molecular formula is C7H14N4. The number of aliphatic imine (C=N–C) groups is 1. The third-order valence-electron chi connectivity index (χ3n) is 2.07. The molecule has 2 heterocycles. The molecule has 1 fully saturated rings. The standard InChI is InChI=1S/C7H14N4/c1-2-10-7(9-1)11-5-3-8-4-6-11/h8H,1-6H2,(H,9,10). The van der Waals surface area contributed by atoms with E-state index in [1.807, 2.05) is 0 Å². The van der Waals surface area contributed by atoms with E-state index in [1.54, 1.807) is 0 Å². The first-order valence-corrected chi connectivity index (χ1v) is 4.21. The van der Waals surface area contributed by atoms with Crippen molar-refractivity contribution < 1.29 is 0 Å². The van der Waals surface area contributed by atoms with Crippen molar-refractivity contribution in [3.8, 4) is 0 Å². The van der Waals surface area contributed by atoms with Crippen LogP contribution >= 0.6 is 0 Å². The summed E-state index contributed by atoms with van der Waals surface area (Å²) in [5, 5.41) is 6.59. The van der Waals surface area contributed by atoms with Crippen LogP contribution in [0.5, 0.6) is 0 Å². The van der Waals surface area contributed by atoms with Crippen LogP contribution in [0, 0.1) is 0 Å². The molecule has 0 aliphatic carbocycles. The average molecular weight is 154 g/mol. The molecule has 0 amide bonds. The molecule has 0 saturated carbocycles. The number of hydrogen-bond acceptors (Lipinski definition) is 4. The van der Waals surface area contributed by atoms with Crippen LogP contribution in [-0.4, -0.2) is 50.1 Å². The van der Waals surface area contributed by atoms with Crippen molar-refractivity contribution in [2.24, 2.45) is 4.99 Å². The molecule has 0 spiro atoms. The first-order valence-electron chi connectivity index (χ1n) is 4.21. The van der Waals surface area contributed by atoms with Crippen molar-refractivity contribution in [2.45, 2.75) is 0 Å². The average Bonchev–Trinajstić information content (AvgIpc) is 2.58. The monoisotopic (exact) mass is 154 g/mol. The minimum atomic E-state index is 0.944. The highest BCUT2D eigenvalue weighted by atomic mass is 15.3. The van der Waals surface area contributed by atoms with Crippen molar-refractivity contribution in [1.82, 2.24) is 15.5 Å². The van der Waals surface area contributed by atoms with Gasteiger partial charge in [-0.05, 0) is 0 Å². The molecule has 2 aliphatic rings. The van der Waals surface area contributed by atoms with Gasteiger partial charge >= 0.3 is 0 Å². The van der Waals surface area contributed by atoms with Crippen LogP contribution in [-0.2, 0) is 0 Å². The Kier molecular flexibility index (Phi) is 1.94. The minimum absolute atomic E-state index is 0.944. The number of nitrogens with zero attached hydrogens (tertiary/aromatic N) is 2. The first kappa shape index (κ1) is 6.91. The van der Waals surface area contributed by atoms with Crippen LogP contribution in [0.2, 0.25) is 0 Å². The van der Waals surface area contributed by atoms with Gasteiger partial charge in [-0.1, -0.05) is 0 Å². The number of piperazine rings is 1. The number of guanidine groups is 1. The topological polar surface area (TPSA) is 39.7 Å². The fourth-order valence-electron chi connectivity index (χ4n) is 1.47. The number of rotatable bonds is 0. The molecule has 0 radical (unpaired) electrons. The quantitative estimate of drug-likeness (QED) is 0.463. The van der Waals surface area contributed by atoms with Gasteiger partial charge in [0.1, 0.15) is 0 Å². The Bertz CT molecular complexity index is 160. The molecule has 4 nitrogen and oxygen atoms in total. The van der Waals surface area contributed by atoms with Gasteiger partial charge in [-0.2, -0.15) is 0 Å². The van der Waals surface area contributed by atoms with Crippen molar-refractivity contribution >= 4 is 5.96 Å². The lowest BCUT2D eigenvalue weighted by atomic mass is 10.4.